The fourth-order valence-electron chi connectivity index (χ4n) is 0.991. The molecule has 1 aliphatic rings. The largest absolute Gasteiger partial charge is 0.509 e. The molecule has 1 aliphatic heterocycles. The number of ether oxygens (including phenoxy) is 2. The molecule has 0 aromatic rings. The molecule has 90 valence electrons. The molecule has 0 aromatic carbocycles. The highest BCUT2D eigenvalue weighted by Gasteiger charge is 2.44. The van der Waals surface area contributed by atoms with Crippen LogP contribution >= 0.6 is 7.60 Å². The highest BCUT2D eigenvalue weighted by Crippen LogP contribution is 2.54. The minimum atomic E-state index is -3.55. The molecular weight excluding hydrogens is 235 g/mol. The van der Waals surface area contributed by atoms with Crippen LogP contribution in [0.25, 0.3) is 0 Å². The predicted molar refractivity (Wildman–Crippen MR) is 56.1 cm³/mol. The van der Waals surface area contributed by atoms with Gasteiger partial charge in [-0.25, -0.2) is 4.79 Å². The molecule has 1 saturated heterocycles. The van der Waals surface area contributed by atoms with Gasteiger partial charge in [-0.3, -0.25) is 4.57 Å². The molecule has 1 fully saturated rings. The second kappa shape index (κ2) is 5.84. The van der Waals surface area contributed by atoms with Crippen LogP contribution in [0.2, 0.25) is 0 Å². The van der Waals surface area contributed by atoms with E-state index in [0.29, 0.717) is 0 Å². The Bertz CT molecular complexity index is 310. The number of hydrogen-bond donors (Lipinski definition) is 0. The topological polar surface area (TPSA) is 71.1 Å². The van der Waals surface area contributed by atoms with E-state index in [2.05, 4.69) is 22.6 Å². The van der Waals surface area contributed by atoms with Crippen LogP contribution in [0.1, 0.15) is 0 Å². The highest BCUT2D eigenvalue weighted by atomic mass is 31.2. The van der Waals surface area contributed by atoms with Crippen molar-refractivity contribution in [3.8, 4) is 0 Å². The molecule has 0 saturated carbocycles. The van der Waals surface area contributed by atoms with Gasteiger partial charge < -0.3 is 18.5 Å². The van der Waals surface area contributed by atoms with E-state index in [9.17, 15) is 9.36 Å². The van der Waals surface area contributed by atoms with Crippen molar-refractivity contribution in [2.24, 2.45) is 0 Å². The lowest BCUT2D eigenvalue weighted by Gasteiger charge is -2.19. The van der Waals surface area contributed by atoms with E-state index in [-0.39, 0.29) is 19.8 Å². The van der Waals surface area contributed by atoms with Gasteiger partial charge in [-0.1, -0.05) is 12.2 Å². The zero-order valence-corrected chi connectivity index (χ0v) is 9.56. The number of carbonyl (C=O) groups is 1. The molecule has 16 heavy (non-hydrogen) atoms. The second-order valence-electron chi connectivity index (χ2n) is 2.84. The zero-order chi connectivity index (χ0) is 12.0. The van der Waals surface area contributed by atoms with Gasteiger partial charge in [-0.2, -0.15) is 0 Å². The lowest BCUT2D eigenvalue weighted by Crippen LogP contribution is -2.15. The molecule has 1 heterocycles. The first-order valence-corrected chi connectivity index (χ1v) is 6.17. The normalized spacial score (nSPS) is 20.0. The van der Waals surface area contributed by atoms with E-state index in [1.165, 1.54) is 12.2 Å². The fourth-order valence-corrected chi connectivity index (χ4v) is 2.50. The quantitative estimate of drug-likeness (QED) is 0.390. The summed E-state index contributed by atoms with van der Waals surface area (Å²) in [7, 11) is -3.55. The smallest absolute Gasteiger partial charge is 0.430 e. The summed E-state index contributed by atoms with van der Waals surface area (Å²) in [6.07, 6.45) is 1.96. The Labute approximate surface area is 93.4 Å². The number of carbonyl (C=O) groups excluding carboxylic acids is 1. The van der Waals surface area contributed by atoms with E-state index in [0.717, 1.165) is 0 Å². The van der Waals surface area contributed by atoms with Crippen LogP contribution in [0.15, 0.2) is 25.3 Å². The standard InChI is InChI=1S/C9H13O6P/c1-3-5-13-16(11,14-6-4-2)8-7-12-9(10)15-8/h3-4,8H,1-2,5-7H2. The maximum atomic E-state index is 12.2. The average molecular weight is 248 g/mol. The summed E-state index contributed by atoms with van der Waals surface area (Å²) in [4.78, 5) is 10.7. The molecule has 0 aliphatic carbocycles. The lowest BCUT2D eigenvalue weighted by molar-refractivity contribution is 0.119. The molecule has 0 spiro atoms. The summed E-state index contributed by atoms with van der Waals surface area (Å²) < 4.78 is 31.4. The maximum absolute atomic E-state index is 12.2. The summed E-state index contributed by atoms with van der Waals surface area (Å²) >= 11 is 0. The summed E-state index contributed by atoms with van der Waals surface area (Å²) in [5.41, 5.74) is 0. The van der Waals surface area contributed by atoms with Crippen molar-refractivity contribution in [2.45, 2.75) is 5.85 Å². The molecule has 7 heteroatoms. The van der Waals surface area contributed by atoms with Gasteiger partial charge in [0.15, 0.2) is 0 Å². The van der Waals surface area contributed by atoms with Gasteiger partial charge in [0, 0.05) is 0 Å². The molecule has 0 aromatic heterocycles. The van der Waals surface area contributed by atoms with E-state index in [1.807, 2.05) is 0 Å². The van der Waals surface area contributed by atoms with Crippen molar-refractivity contribution in [3.63, 3.8) is 0 Å². The van der Waals surface area contributed by atoms with Gasteiger partial charge in [0.05, 0.1) is 13.2 Å². The minimum absolute atomic E-state index is 0.0302. The molecule has 0 bridgehead atoms. The Morgan fingerprint density at radius 3 is 2.31 bits per heavy atom. The molecule has 6 nitrogen and oxygen atoms in total. The van der Waals surface area contributed by atoms with Crippen molar-refractivity contribution < 1.29 is 27.9 Å². The summed E-state index contributed by atoms with van der Waals surface area (Å²) in [6.45, 7) is 6.76. The third kappa shape index (κ3) is 3.20. The van der Waals surface area contributed by atoms with Crippen molar-refractivity contribution in [1.29, 1.82) is 0 Å². The first-order valence-electron chi connectivity index (χ1n) is 4.56. The van der Waals surface area contributed by atoms with Crippen LogP contribution in [-0.4, -0.2) is 31.8 Å². The first kappa shape index (κ1) is 13.0. The molecular formula is C9H13O6P. The monoisotopic (exact) mass is 248 g/mol. The van der Waals surface area contributed by atoms with Crippen molar-refractivity contribution in [2.75, 3.05) is 19.8 Å². The maximum Gasteiger partial charge on any atom is 0.509 e. The van der Waals surface area contributed by atoms with Crippen molar-refractivity contribution in [3.05, 3.63) is 25.3 Å². The van der Waals surface area contributed by atoms with Gasteiger partial charge in [0.25, 0.3) is 0 Å². The van der Waals surface area contributed by atoms with Gasteiger partial charge in [-0.15, -0.1) is 13.2 Å². The van der Waals surface area contributed by atoms with E-state index in [4.69, 9.17) is 9.05 Å². The number of hydrogen-bond acceptors (Lipinski definition) is 6. The lowest BCUT2D eigenvalue weighted by atomic mass is 10.7. The molecule has 1 atom stereocenters. The van der Waals surface area contributed by atoms with E-state index < -0.39 is 19.6 Å². The highest BCUT2D eigenvalue weighted by molar-refractivity contribution is 7.54. The Hall–Kier alpha value is -1.10. The van der Waals surface area contributed by atoms with E-state index in [1.54, 1.807) is 0 Å². The summed E-state index contributed by atoms with van der Waals surface area (Å²) in [6, 6.07) is 0. The Balaban J connectivity index is 2.68. The second-order valence-corrected chi connectivity index (χ2v) is 5.01. The van der Waals surface area contributed by atoms with E-state index >= 15 is 0 Å². The zero-order valence-electron chi connectivity index (χ0n) is 8.66. The van der Waals surface area contributed by atoms with Crippen molar-refractivity contribution >= 4 is 13.8 Å². The Morgan fingerprint density at radius 2 is 1.94 bits per heavy atom. The van der Waals surface area contributed by atoms with Gasteiger partial charge >= 0.3 is 13.8 Å². The van der Waals surface area contributed by atoms with Gasteiger partial charge in [0.2, 0.25) is 5.85 Å². The molecule has 0 amide bonds. The van der Waals surface area contributed by atoms with Crippen LogP contribution in [0.4, 0.5) is 4.79 Å². The van der Waals surface area contributed by atoms with Crippen LogP contribution in [0.5, 0.6) is 0 Å². The predicted octanol–water partition coefficient (Wildman–Crippen LogP) is 2.08. The number of cyclic esters (lactones) is 2. The fraction of sp³-hybridized carbons (Fsp3) is 0.444. The molecule has 0 radical (unpaired) electrons. The number of rotatable bonds is 7. The first-order chi connectivity index (χ1) is 7.62. The SMILES string of the molecule is C=CCOP(=O)(OCC=C)C1COC(=O)O1. The average Bonchev–Trinajstić information content (AvgIpc) is 2.71. The molecule has 1 unspecified atom stereocenters. The Kier molecular flexibility index (Phi) is 4.73. The van der Waals surface area contributed by atoms with Gasteiger partial charge in [0.1, 0.15) is 6.61 Å². The minimum Gasteiger partial charge on any atom is -0.430 e. The summed E-state index contributed by atoms with van der Waals surface area (Å²) in [5.74, 6) is -1.03. The van der Waals surface area contributed by atoms with Gasteiger partial charge in [-0.05, 0) is 0 Å². The van der Waals surface area contributed by atoms with Crippen LogP contribution in [0.3, 0.4) is 0 Å². The van der Waals surface area contributed by atoms with Crippen LogP contribution in [-0.2, 0) is 23.1 Å². The van der Waals surface area contributed by atoms with Crippen LogP contribution < -0.4 is 0 Å². The summed E-state index contributed by atoms with van der Waals surface area (Å²) in [5, 5.41) is 0. The molecule has 1 rings (SSSR count). The third-order valence-electron chi connectivity index (χ3n) is 1.67. The third-order valence-corrected chi connectivity index (χ3v) is 3.65. The molecule has 0 N–H and O–H groups in total. The van der Waals surface area contributed by atoms with Crippen LogP contribution in [0, 0.1) is 0 Å². The Morgan fingerprint density at radius 1 is 1.38 bits per heavy atom. The van der Waals surface area contributed by atoms with Crippen molar-refractivity contribution in [1.82, 2.24) is 0 Å².